The highest BCUT2D eigenvalue weighted by Crippen LogP contribution is 2.34. The summed E-state index contributed by atoms with van der Waals surface area (Å²) in [5.41, 5.74) is 8.24. The largest absolute Gasteiger partial charge is 0.497 e. The van der Waals surface area contributed by atoms with Gasteiger partial charge in [0.1, 0.15) is 17.9 Å². The molecule has 7 nitrogen and oxygen atoms in total. The Morgan fingerprint density at radius 1 is 1.07 bits per heavy atom. The van der Waals surface area contributed by atoms with Gasteiger partial charge >= 0.3 is 0 Å². The molecule has 2 fully saturated rings. The summed E-state index contributed by atoms with van der Waals surface area (Å²) < 4.78 is 10.6. The second kappa shape index (κ2) is 8.10. The molecule has 0 radical (unpaired) electrons. The lowest BCUT2D eigenvalue weighted by Gasteiger charge is -2.37. The van der Waals surface area contributed by atoms with Crippen molar-refractivity contribution >= 4 is 5.82 Å². The average Bonchev–Trinajstić information content (AvgIpc) is 3.24. The molecule has 2 aliphatic rings. The van der Waals surface area contributed by atoms with Crippen LogP contribution < -0.4 is 25.2 Å². The number of nitrogens with one attached hydrogen (secondary N) is 2. The Morgan fingerprint density at radius 2 is 1.93 bits per heavy atom. The van der Waals surface area contributed by atoms with Crippen molar-refractivity contribution in [1.82, 2.24) is 20.8 Å². The van der Waals surface area contributed by atoms with Crippen molar-refractivity contribution in [3.05, 3.63) is 42.2 Å². The van der Waals surface area contributed by atoms with Crippen molar-refractivity contribution in [2.24, 2.45) is 5.92 Å². The molecule has 3 heterocycles. The maximum absolute atomic E-state index is 5.41. The van der Waals surface area contributed by atoms with Crippen molar-refractivity contribution in [3.8, 4) is 11.6 Å². The molecular weight excluding hydrogens is 342 g/mol. The molecule has 2 unspecified atom stereocenters. The maximum Gasteiger partial charge on any atom is 0.218 e. The van der Waals surface area contributed by atoms with E-state index in [9.17, 15) is 0 Å². The number of nitrogens with zero attached hydrogens (tertiary/aromatic N) is 3. The van der Waals surface area contributed by atoms with E-state index < -0.39 is 0 Å². The Hall–Kier alpha value is -2.38. The van der Waals surface area contributed by atoms with Crippen LogP contribution in [0.1, 0.15) is 24.3 Å². The van der Waals surface area contributed by atoms with Crippen LogP contribution in [0.15, 0.2) is 36.7 Å². The first-order chi connectivity index (χ1) is 13.3. The van der Waals surface area contributed by atoms with E-state index in [0.29, 0.717) is 23.8 Å². The molecule has 27 heavy (non-hydrogen) atoms. The van der Waals surface area contributed by atoms with Crippen molar-refractivity contribution in [2.75, 3.05) is 38.8 Å². The quantitative estimate of drug-likeness (QED) is 0.835. The fourth-order valence-corrected chi connectivity index (χ4v) is 4.26. The Labute approximate surface area is 160 Å². The van der Waals surface area contributed by atoms with Crippen LogP contribution in [0.5, 0.6) is 11.6 Å². The van der Waals surface area contributed by atoms with Crippen LogP contribution in [0.2, 0.25) is 0 Å². The molecule has 1 aromatic heterocycles. The van der Waals surface area contributed by atoms with Crippen LogP contribution in [-0.2, 0) is 0 Å². The second-order valence-electron chi connectivity index (χ2n) is 7.18. The van der Waals surface area contributed by atoms with Crippen LogP contribution in [0.25, 0.3) is 0 Å². The number of piperidine rings is 1. The Morgan fingerprint density at radius 3 is 2.70 bits per heavy atom. The smallest absolute Gasteiger partial charge is 0.218 e. The van der Waals surface area contributed by atoms with E-state index in [0.717, 1.165) is 44.0 Å². The summed E-state index contributed by atoms with van der Waals surface area (Å²) in [5.74, 6) is 3.56. The minimum atomic E-state index is 0.430. The molecule has 2 atom stereocenters. The molecule has 0 bridgehead atoms. The van der Waals surface area contributed by atoms with Gasteiger partial charge in [-0.2, -0.15) is 0 Å². The number of hydrogen-bond donors (Lipinski definition) is 2. The van der Waals surface area contributed by atoms with Crippen LogP contribution >= 0.6 is 0 Å². The Bertz CT molecular complexity index is 764. The molecule has 2 saturated heterocycles. The zero-order chi connectivity index (χ0) is 18.6. The summed E-state index contributed by atoms with van der Waals surface area (Å²) in [5, 5.41) is 0. The highest BCUT2D eigenvalue weighted by molar-refractivity contribution is 5.41. The monoisotopic (exact) mass is 369 g/mol. The SMILES string of the molecule is COc1cccc(C2CNNC2C2CCN(c3cc(OC)ncn3)CC2)c1. The third kappa shape index (κ3) is 3.84. The first kappa shape index (κ1) is 18.0. The zero-order valence-corrected chi connectivity index (χ0v) is 15.9. The number of rotatable bonds is 5. The van der Waals surface area contributed by atoms with Gasteiger partial charge in [0, 0.05) is 37.7 Å². The molecule has 4 rings (SSSR count). The molecule has 144 valence electrons. The third-order valence-corrected chi connectivity index (χ3v) is 5.75. The molecule has 0 amide bonds. The highest BCUT2D eigenvalue weighted by atomic mass is 16.5. The fourth-order valence-electron chi connectivity index (χ4n) is 4.26. The molecule has 2 N–H and O–H groups in total. The number of methoxy groups -OCH3 is 2. The van der Waals surface area contributed by atoms with Crippen molar-refractivity contribution < 1.29 is 9.47 Å². The van der Waals surface area contributed by atoms with E-state index in [1.165, 1.54) is 5.56 Å². The maximum atomic E-state index is 5.41. The van der Waals surface area contributed by atoms with Gasteiger partial charge in [0.2, 0.25) is 5.88 Å². The van der Waals surface area contributed by atoms with Gasteiger partial charge < -0.3 is 14.4 Å². The minimum absolute atomic E-state index is 0.430. The number of anilines is 1. The van der Waals surface area contributed by atoms with Gasteiger partial charge in [-0.3, -0.25) is 10.9 Å². The summed E-state index contributed by atoms with van der Waals surface area (Å²) in [4.78, 5) is 10.8. The number of hydrogen-bond acceptors (Lipinski definition) is 7. The van der Waals surface area contributed by atoms with Gasteiger partial charge in [0.25, 0.3) is 0 Å². The standard InChI is InChI=1S/C20H27N5O2/c1-26-16-5-3-4-15(10-16)17-12-23-24-20(17)14-6-8-25(9-7-14)18-11-19(27-2)22-13-21-18/h3-5,10-11,13-14,17,20,23-24H,6-9,12H2,1-2H3. The van der Waals surface area contributed by atoms with E-state index in [2.05, 4.69) is 43.9 Å². The van der Waals surface area contributed by atoms with Gasteiger partial charge in [0.05, 0.1) is 14.2 Å². The Kier molecular flexibility index (Phi) is 5.40. The van der Waals surface area contributed by atoms with E-state index in [-0.39, 0.29) is 0 Å². The molecule has 0 aliphatic carbocycles. The molecule has 0 spiro atoms. The molecule has 2 aliphatic heterocycles. The second-order valence-corrected chi connectivity index (χ2v) is 7.18. The lowest BCUT2D eigenvalue weighted by molar-refractivity contribution is 0.295. The van der Waals surface area contributed by atoms with E-state index >= 15 is 0 Å². The highest BCUT2D eigenvalue weighted by Gasteiger charge is 2.36. The van der Waals surface area contributed by atoms with Gasteiger partial charge in [-0.15, -0.1) is 0 Å². The van der Waals surface area contributed by atoms with Crippen LogP contribution in [0.4, 0.5) is 5.82 Å². The summed E-state index contributed by atoms with van der Waals surface area (Å²) in [6, 6.07) is 10.8. The number of hydrazine groups is 1. The van der Waals surface area contributed by atoms with Gasteiger partial charge in [0.15, 0.2) is 0 Å². The summed E-state index contributed by atoms with van der Waals surface area (Å²) >= 11 is 0. The van der Waals surface area contributed by atoms with Crippen LogP contribution in [0, 0.1) is 5.92 Å². The van der Waals surface area contributed by atoms with E-state index in [1.807, 2.05) is 12.1 Å². The van der Waals surface area contributed by atoms with Crippen LogP contribution in [0.3, 0.4) is 0 Å². The molecule has 7 heteroatoms. The third-order valence-electron chi connectivity index (χ3n) is 5.75. The van der Waals surface area contributed by atoms with Crippen molar-refractivity contribution in [1.29, 1.82) is 0 Å². The van der Waals surface area contributed by atoms with Gasteiger partial charge in [-0.05, 0) is 36.5 Å². The first-order valence-electron chi connectivity index (χ1n) is 9.52. The summed E-state index contributed by atoms with van der Waals surface area (Å²) in [7, 11) is 3.36. The van der Waals surface area contributed by atoms with E-state index in [1.54, 1.807) is 20.5 Å². The molecule has 1 aromatic carbocycles. The van der Waals surface area contributed by atoms with Crippen molar-refractivity contribution in [3.63, 3.8) is 0 Å². The molecule has 2 aromatic rings. The fraction of sp³-hybridized carbons (Fsp3) is 0.500. The predicted octanol–water partition coefficient (Wildman–Crippen LogP) is 1.97. The topological polar surface area (TPSA) is 71.5 Å². The van der Waals surface area contributed by atoms with Crippen molar-refractivity contribution in [2.45, 2.75) is 24.8 Å². The molecular formula is C20H27N5O2. The summed E-state index contributed by atoms with van der Waals surface area (Å²) in [6.07, 6.45) is 3.83. The van der Waals surface area contributed by atoms with Gasteiger partial charge in [-0.25, -0.2) is 9.97 Å². The minimum Gasteiger partial charge on any atom is -0.497 e. The van der Waals surface area contributed by atoms with Gasteiger partial charge in [-0.1, -0.05) is 12.1 Å². The van der Waals surface area contributed by atoms with Crippen LogP contribution in [-0.4, -0.2) is 49.9 Å². The number of ether oxygens (including phenoxy) is 2. The zero-order valence-electron chi connectivity index (χ0n) is 15.9. The predicted molar refractivity (Wildman–Crippen MR) is 104 cm³/mol. The normalized spacial score (nSPS) is 23.4. The summed E-state index contributed by atoms with van der Waals surface area (Å²) in [6.45, 7) is 2.93. The lowest BCUT2D eigenvalue weighted by Crippen LogP contribution is -2.44. The first-order valence-corrected chi connectivity index (χ1v) is 9.52. The lowest BCUT2D eigenvalue weighted by atomic mass is 9.80. The number of aromatic nitrogens is 2. The van der Waals surface area contributed by atoms with E-state index in [4.69, 9.17) is 9.47 Å². The molecule has 0 saturated carbocycles. The average molecular weight is 369 g/mol. The number of benzene rings is 1. The Balaban J connectivity index is 1.42.